The third kappa shape index (κ3) is 4.16. The maximum atomic E-state index is 9.87. The molecule has 0 radical (unpaired) electrons. The summed E-state index contributed by atoms with van der Waals surface area (Å²) in [6, 6.07) is 8.76. The normalized spacial score (nSPS) is 29.5. The second-order valence-corrected chi connectivity index (χ2v) is 8.17. The van der Waals surface area contributed by atoms with E-state index in [-0.39, 0.29) is 12.1 Å². The first-order chi connectivity index (χ1) is 10.2. The SMILES string of the molecule is OCC1(NC2CC2)CCCC(SCc2ccccc2Cl)C1. The minimum absolute atomic E-state index is 0.0302. The molecule has 1 aromatic carbocycles. The van der Waals surface area contributed by atoms with Gasteiger partial charge in [-0.25, -0.2) is 0 Å². The van der Waals surface area contributed by atoms with Crippen molar-refractivity contribution in [2.75, 3.05) is 6.61 Å². The van der Waals surface area contributed by atoms with Gasteiger partial charge in [0.25, 0.3) is 0 Å². The predicted octanol–water partition coefficient (Wildman–Crippen LogP) is 4.00. The fraction of sp³-hybridized carbons (Fsp3) is 0.647. The number of thioether (sulfide) groups is 1. The first kappa shape index (κ1) is 15.7. The van der Waals surface area contributed by atoms with Crippen LogP contribution in [0.2, 0.25) is 5.02 Å². The molecule has 0 aromatic heterocycles. The van der Waals surface area contributed by atoms with Crippen LogP contribution in [0.1, 0.15) is 44.1 Å². The second kappa shape index (κ2) is 6.91. The van der Waals surface area contributed by atoms with E-state index in [1.165, 1.54) is 31.2 Å². The summed E-state index contributed by atoms with van der Waals surface area (Å²) in [5.74, 6) is 0.968. The lowest BCUT2D eigenvalue weighted by atomic mass is 9.82. The molecule has 2 saturated carbocycles. The second-order valence-electron chi connectivity index (χ2n) is 6.48. The summed E-state index contributed by atoms with van der Waals surface area (Å²) < 4.78 is 0. The van der Waals surface area contributed by atoms with Crippen LogP contribution in [0.15, 0.2) is 24.3 Å². The molecule has 2 nitrogen and oxygen atoms in total. The number of rotatable bonds is 6. The van der Waals surface area contributed by atoms with Gasteiger partial charge in [0.05, 0.1) is 6.61 Å². The van der Waals surface area contributed by atoms with E-state index in [0.717, 1.165) is 23.6 Å². The lowest BCUT2D eigenvalue weighted by Crippen LogP contribution is -2.53. The zero-order valence-corrected chi connectivity index (χ0v) is 13.9. The highest BCUT2D eigenvalue weighted by Gasteiger charge is 2.39. The molecule has 1 aromatic rings. The molecule has 116 valence electrons. The molecule has 4 heteroatoms. The van der Waals surface area contributed by atoms with Gasteiger partial charge in [0.2, 0.25) is 0 Å². The highest BCUT2D eigenvalue weighted by molar-refractivity contribution is 7.99. The molecule has 2 N–H and O–H groups in total. The smallest absolute Gasteiger partial charge is 0.0613 e. The van der Waals surface area contributed by atoms with Crippen LogP contribution in [0.3, 0.4) is 0 Å². The third-order valence-electron chi connectivity index (χ3n) is 4.62. The molecule has 0 amide bonds. The molecular weight excluding hydrogens is 302 g/mol. The van der Waals surface area contributed by atoms with E-state index in [2.05, 4.69) is 17.4 Å². The fourth-order valence-corrected chi connectivity index (χ4v) is 4.97. The van der Waals surface area contributed by atoms with E-state index < -0.39 is 0 Å². The standard InChI is InChI=1S/C17H24ClNOS/c18-16-6-2-1-4-13(16)11-21-15-5-3-9-17(10-15,12-20)19-14-7-8-14/h1-2,4,6,14-15,19-20H,3,5,7-12H2. The molecule has 2 unspecified atom stereocenters. The van der Waals surface area contributed by atoms with Crippen molar-refractivity contribution in [1.29, 1.82) is 0 Å². The van der Waals surface area contributed by atoms with E-state index >= 15 is 0 Å². The zero-order chi connectivity index (χ0) is 14.7. The maximum absolute atomic E-state index is 9.87. The van der Waals surface area contributed by atoms with Gasteiger partial charge >= 0.3 is 0 Å². The van der Waals surface area contributed by atoms with Crippen LogP contribution < -0.4 is 5.32 Å². The summed E-state index contributed by atoms with van der Waals surface area (Å²) in [6.07, 6.45) is 7.21. The monoisotopic (exact) mass is 325 g/mol. The number of aliphatic hydroxyl groups is 1. The van der Waals surface area contributed by atoms with E-state index in [0.29, 0.717) is 11.3 Å². The molecule has 0 heterocycles. The van der Waals surface area contributed by atoms with Crippen LogP contribution in [-0.2, 0) is 5.75 Å². The lowest BCUT2D eigenvalue weighted by Gasteiger charge is -2.40. The Bertz CT molecular complexity index is 480. The highest BCUT2D eigenvalue weighted by atomic mass is 35.5. The summed E-state index contributed by atoms with van der Waals surface area (Å²) in [4.78, 5) is 0. The highest BCUT2D eigenvalue weighted by Crippen LogP contribution is 2.38. The number of aliphatic hydroxyl groups excluding tert-OH is 1. The Morgan fingerprint density at radius 2 is 2.10 bits per heavy atom. The van der Waals surface area contributed by atoms with Crippen molar-refractivity contribution in [3.8, 4) is 0 Å². The van der Waals surface area contributed by atoms with Gasteiger partial charge in [0.15, 0.2) is 0 Å². The minimum Gasteiger partial charge on any atom is -0.394 e. The average molecular weight is 326 g/mol. The number of hydrogen-bond donors (Lipinski definition) is 2. The number of halogens is 1. The molecular formula is C17H24ClNOS. The van der Waals surface area contributed by atoms with Crippen molar-refractivity contribution >= 4 is 23.4 Å². The van der Waals surface area contributed by atoms with Gasteiger partial charge in [-0.1, -0.05) is 36.2 Å². The van der Waals surface area contributed by atoms with Gasteiger partial charge < -0.3 is 10.4 Å². The summed E-state index contributed by atoms with van der Waals surface area (Å²) in [5, 5.41) is 15.1. The zero-order valence-electron chi connectivity index (χ0n) is 12.4. The van der Waals surface area contributed by atoms with Crippen molar-refractivity contribution in [2.24, 2.45) is 0 Å². The Balaban J connectivity index is 1.56. The van der Waals surface area contributed by atoms with E-state index in [4.69, 9.17) is 11.6 Å². The van der Waals surface area contributed by atoms with Gasteiger partial charge in [0, 0.05) is 27.6 Å². The summed E-state index contributed by atoms with van der Waals surface area (Å²) >= 11 is 8.23. The number of benzene rings is 1. The van der Waals surface area contributed by atoms with Gasteiger partial charge in [0.1, 0.15) is 0 Å². The van der Waals surface area contributed by atoms with Gasteiger partial charge in [-0.2, -0.15) is 11.8 Å². The van der Waals surface area contributed by atoms with E-state index in [1.807, 2.05) is 23.9 Å². The Kier molecular flexibility index (Phi) is 5.15. The van der Waals surface area contributed by atoms with Gasteiger partial charge in [-0.15, -0.1) is 0 Å². The van der Waals surface area contributed by atoms with Crippen LogP contribution in [0.25, 0.3) is 0 Å². The lowest BCUT2D eigenvalue weighted by molar-refractivity contribution is 0.122. The molecule has 0 spiro atoms. The first-order valence-corrected chi connectivity index (χ1v) is 9.37. The van der Waals surface area contributed by atoms with Crippen LogP contribution in [-0.4, -0.2) is 28.5 Å². The maximum Gasteiger partial charge on any atom is 0.0613 e. The molecule has 2 fully saturated rings. The van der Waals surface area contributed by atoms with Crippen LogP contribution >= 0.6 is 23.4 Å². The topological polar surface area (TPSA) is 32.3 Å². The largest absolute Gasteiger partial charge is 0.394 e. The van der Waals surface area contributed by atoms with Crippen molar-refractivity contribution < 1.29 is 5.11 Å². The molecule has 3 rings (SSSR count). The number of hydrogen-bond acceptors (Lipinski definition) is 3. The Morgan fingerprint density at radius 3 is 2.81 bits per heavy atom. The Labute approximate surface area is 136 Å². The van der Waals surface area contributed by atoms with Crippen molar-refractivity contribution in [3.05, 3.63) is 34.9 Å². The molecule has 0 aliphatic heterocycles. The van der Waals surface area contributed by atoms with Crippen molar-refractivity contribution in [2.45, 2.75) is 61.1 Å². The summed E-state index contributed by atoms with van der Waals surface area (Å²) in [7, 11) is 0. The van der Waals surface area contributed by atoms with Gasteiger partial charge in [-0.3, -0.25) is 0 Å². The first-order valence-electron chi connectivity index (χ1n) is 7.94. The molecule has 0 bridgehead atoms. The van der Waals surface area contributed by atoms with Crippen molar-refractivity contribution in [3.63, 3.8) is 0 Å². The van der Waals surface area contributed by atoms with Crippen molar-refractivity contribution in [1.82, 2.24) is 5.32 Å². The molecule has 2 aliphatic carbocycles. The van der Waals surface area contributed by atoms with E-state index in [1.54, 1.807) is 0 Å². The summed E-state index contributed by atoms with van der Waals surface area (Å²) in [5.41, 5.74) is 1.19. The van der Waals surface area contributed by atoms with Crippen LogP contribution in [0, 0.1) is 0 Å². The minimum atomic E-state index is -0.0302. The quantitative estimate of drug-likeness (QED) is 0.829. The molecule has 2 aliphatic rings. The number of nitrogens with one attached hydrogen (secondary N) is 1. The average Bonchev–Trinajstić information content (AvgIpc) is 3.31. The third-order valence-corrected chi connectivity index (χ3v) is 6.34. The van der Waals surface area contributed by atoms with Gasteiger partial charge in [-0.05, 0) is 43.7 Å². The van der Waals surface area contributed by atoms with Crippen LogP contribution in [0.5, 0.6) is 0 Å². The van der Waals surface area contributed by atoms with Crippen LogP contribution in [0.4, 0.5) is 0 Å². The summed E-state index contributed by atoms with van der Waals surface area (Å²) in [6.45, 7) is 0.270. The Hall–Kier alpha value is -0.220. The molecule has 0 saturated heterocycles. The molecule has 21 heavy (non-hydrogen) atoms. The van der Waals surface area contributed by atoms with E-state index in [9.17, 15) is 5.11 Å². The fourth-order valence-electron chi connectivity index (χ4n) is 3.25. The molecule has 2 atom stereocenters. The predicted molar refractivity (Wildman–Crippen MR) is 91.0 cm³/mol. The Morgan fingerprint density at radius 1 is 1.29 bits per heavy atom.